The monoisotopic (exact) mass is 250 g/mol. The highest BCUT2D eigenvalue weighted by Crippen LogP contribution is 2.40. The predicted molar refractivity (Wildman–Crippen MR) is 66.8 cm³/mol. The third-order valence-electron chi connectivity index (χ3n) is 3.37. The van der Waals surface area contributed by atoms with Crippen LogP contribution in [0.4, 0.5) is 0 Å². The van der Waals surface area contributed by atoms with Crippen LogP contribution in [0.25, 0.3) is 0 Å². The van der Waals surface area contributed by atoms with Crippen LogP contribution in [0, 0.1) is 0 Å². The van der Waals surface area contributed by atoms with Gasteiger partial charge in [0, 0.05) is 11.0 Å². The van der Waals surface area contributed by atoms with Crippen molar-refractivity contribution < 1.29 is 19.4 Å². The zero-order valence-corrected chi connectivity index (χ0v) is 10.9. The van der Waals surface area contributed by atoms with E-state index in [4.69, 9.17) is 14.6 Å². The molecule has 0 saturated heterocycles. The van der Waals surface area contributed by atoms with Crippen molar-refractivity contribution in [3.8, 4) is 5.75 Å². The maximum absolute atomic E-state index is 11.0. The van der Waals surface area contributed by atoms with E-state index in [-0.39, 0.29) is 6.42 Å². The Morgan fingerprint density at radius 3 is 2.78 bits per heavy atom. The number of methoxy groups -OCH3 is 1. The number of hydrogen-bond donors (Lipinski definition) is 1. The first kappa shape index (κ1) is 12.9. The molecule has 1 N–H and O–H groups in total. The summed E-state index contributed by atoms with van der Waals surface area (Å²) in [6, 6.07) is 3.88. The molecule has 0 radical (unpaired) electrons. The highest BCUT2D eigenvalue weighted by Gasteiger charge is 2.32. The standard InChI is InChI=1S/C14H18O4/c1-14(2,6-12(15)16)13-10-8-18-7-9(10)4-5-11(13)17-3/h4-5H,6-8H2,1-3H3,(H,15,16). The van der Waals surface area contributed by atoms with Crippen LogP contribution in [0.5, 0.6) is 5.75 Å². The van der Waals surface area contributed by atoms with Crippen LogP contribution in [0.15, 0.2) is 12.1 Å². The second-order valence-corrected chi connectivity index (χ2v) is 5.23. The smallest absolute Gasteiger partial charge is 0.304 e. The molecule has 1 aromatic rings. The van der Waals surface area contributed by atoms with Gasteiger partial charge in [-0.1, -0.05) is 19.9 Å². The Kier molecular flexibility index (Phi) is 3.30. The molecule has 0 aromatic heterocycles. The summed E-state index contributed by atoms with van der Waals surface area (Å²) >= 11 is 0. The van der Waals surface area contributed by atoms with E-state index in [9.17, 15) is 4.79 Å². The fourth-order valence-electron chi connectivity index (χ4n) is 2.61. The van der Waals surface area contributed by atoms with Gasteiger partial charge in [0.1, 0.15) is 5.75 Å². The van der Waals surface area contributed by atoms with Crippen LogP contribution >= 0.6 is 0 Å². The summed E-state index contributed by atoms with van der Waals surface area (Å²) in [6.07, 6.45) is 0.0693. The van der Waals surface area contributed by atoms with Crippen molar-refractivity contribution in [3.63, 3.8) is 0 Å². The molecule has 98 valence electrons. The van der Waals surface area contributed by atoms with Crippen LogP contribution in [0.1, 0.15) is 37.0 Å². The van der Waals surface area contributed by atoms with Crippen molar-refractivity contribution in [2.24, 2.45) is 0 Å². The number of rotatable bonds is 4. The van der Waals surface area contributed by atoms with E-state index >= 15 is 0 Å². The molecule has 4 nitrogen and oxygen atoms in total. The SMILES string of the molecule is COc1ccc2c(c1C(C)(C)CC(=O)O)COC2. The fourth-order valence-corrected chi connectivity index (χ4v) is 2.61. The maximum atomic E-state index is 11.0. The molecule has 1 aromatic carbocycles. The third kappa shape index (κ3) is 2.20. The van der Waals surface area contributed by atoms with Crippen molar-refractivity contribution >= 4 is 5.97 Å². The lowest BCUT2D eigenvalue weighted by atomic mass is 9.77. The zero-order valence-electron chi connectivity index (χ0n) is 10.9. The first-order valence-electron chi connectivity index (χ1n) is 5.94. The van der Waals surface area contributed by atoms with E-state index < -0.39 is 11.4 Å². The van der Waals surface area contributed by atoms with E-state index in [2.05, 4.69) is 0 Å². The predicted octanol–water partition coefficient (Wildman–Crippen LogP) is 2.48. The summed E-state index contributed by atoms with van der Waals surface area (Å²) in [7, 11) is 1.61. The molecular formula is C14H18O4. The first-order valence-corrected chi connectivity index (χ1v) is 5.94. The molecule has 2 rings (SSSR count). The van der Waals surface area contributed by atoms with Gasteiger partial charge in [-0.3, -0.25) is 4.79 Å². The van der Waals surface area contributed by atoms with E-state index in [1.807, 2.05) is 26.0 Å². The van der Waals surface area contributed by atoms with E-state index in [1.54, 1.807) is 7.11 Å². The van der Waals surface area contributed by atoms with Gasteiger partial charge in [-0.05, 0) is 17.2 Å². The van der Waals surface area contributed by atoms with E-state index in [1.165, 1.54) is 0 Å². The second-order valence-electron chi connectivity index (χ2n) is 5.23. The lowest BCUT2D eigenvalue weighted by Gasteiger charge is -2.27. The second kappa shape index (κ2) is 4.61. The number of aliphatic carboxylic acids is 1. The van der Waals surface area contributed by atoms with Gasteiger partial charge >= 0.3 is 5.97 Å². The molecule has 0 unspecified atom stereocenters. The maximum Gasteiger partial charge on any atom is 0.304 e. The number of fused-ring (bicyclic) bond motifs is 1. The molecule has 0 saturated carbocycles. The molecule has 0 aliphatic carbocycles. The summed E-state index contributed by atoms with van der Waals surface area (Å²) in [5, 5.41) is 9.05. The fraction of sp³-hybridized carbons (Fsp3) is 0.500. The molecular weight excluding hydrogens is 232 g/mol. The highest BCUT2D eigenvalue weighted by molar-refractivity contribution is 5.69. The highest BCUT2D eigenvalue weighted by atomic mass is 16.5. The van der Waals surface area contributed by atoms with Gasteiger partial charge in [0.15, 0.2) is 0 Å². The molecule has 0 spiro atoms. The molecule has 4 heteroatoms. The van der Waals surface area contributed by atoms with Crippen molar-refractivity contribution in [1.29, 1.82) is 0 Å². The van der Waals surface area contributed by atoms with Crippen molar-refractivity contribution in [2.75, 3.05) is 7.11 Å². The number of ether oxygens (including phenoxy) is 2. The average Bonchev–Trinajstić information content (AvgIpc) is 2.73. The van der Waals surface area contributed by atoms with Gasteiger partial charge in [-0.25, -0.2) is 0 Å². The minimum Gasteiger partial charge on any atom is -0.496 e. The van der Waals surface area contributed by atoms with Crippen LogP contribution in [0.2, 0.25) is 0 Å². The van der Waals surface area contributed by atoms with Crippen LogP contribution in [-0.2, 0) is 28.2 Å². The first-order chi connectivity index (χ1) is 8.45. The zero-order chi connectivity index (χ0) is 13.3. The minimum absolute atomic E-state index is 0.0693. The van der Waals surface area contributed by atoms with Gasteiger partial charge in [-0.2, -0.15) is 0 Å². The molecule has 0 bridgehead atoms. The molecule has 1 aliphatic rings. The minimum atomic E-state index is -0.807. The van der Waals surface area contributed by atoms with Gasteiger partial charge < -0.3 is 14.6 Å². The number of hydrogen-bond acceptors (Lipinski definition) is 3. The Bertz CT molecular complexity index is 477. The van der Waals surface area contributed by atoms with Crippen LogP contribution in [0.3, 0.4) is 0 Å². The number of carboxylic acids is 1. The largest absolute Gasteiger partial charge is 0.496 e. The molecule has 0 atom stereocenters. The van der Waals surface area contributed by atoms with Gasteiger partial charge in [0.2, 0.25) is 0 Å². The quantitative estimate of drug-likeness (QED) is 0.892. The van der Waals surface area contributed by atoms with Gasteiger partial charge in [-0.15, -0.1) is 0 Å². The normalized spacial score (nSPS) is 14.4. The molecule has 1 aliphatic heterocycles. The Balaban J connectivity index is 2.54. The average molecular weight is 250 g/mol. The lowest BCUT2D eigenvalue weighted by Crippen LogP contribution is -2.24. The van der Waals surface area contributed by atoms with Gasteiger partial charge in [0.05, 0.1) is 26.7 Å². The summed E-state index contributed by atoms with van der Waals surface area (Å²) in [5.74, 6) is -0.0657. The Morgan fingerprint density at radius 2 is 2.17 bits per heavy atom. The number of carbonyl (C=O) groups is 1. The van der Waals surface area contributed by atoms with Gasteiger partial charge in [0.25, 0.3) is 0 Å². The molecule has 0 amide bonds. The summed E-state index contributed by atoms with van der Waals surface area (Å²) in [6.45, 7) is 4.98. The third-order valence-corrected chi connectivity index (χ3v) is 3.37. The molecule has 18 heavy (non-hydrogen) atoms. The Hall–Kier alpha value is -1.55. The summed E-state index contributed by atoms with van der Waals surface area (Å²) in [5.41, 5.74) is 2.70. The van der Waals surface area contributed by atoms with Crippen LogP contribution in [-0.4, -0.2) is 18.2 Å². The number of benzene rings is 1. The van der Waals surface area contributed by atoms with Crippen molar-refractivity contribution in [1.82, 2.24) is 0 Å². The number of carboxylic acid groups (broad SMARTS) is 1. The topological polar surface area (TPSA) is 55.8 Å². The lowest BCUT2D eigenvalue weighted by molar-refractivity contribution is -0.138. The van der Waals surface area contributed by atoms with E-state index in [0.29, 0.717) is 13.2 Å². The van der Waals surface area contributed by atoms with Crippen LogP contribution < -0.4 is 4.74 Å². The Labute approximate surface area is 107 Å². The Morgan fingerprint density at radius 1 is 1.44 bits per heavy atom. The van der Waals surface area contributed by atoms with E-state index in [0.717, 1.165) is 22.4 Å². The molecule has 1 heterocycles. The summed E-state index contributed by atoms with van der Waals surface area (Å²) < 4.78 is 10.8. The van der Waals surface area contributed by atoms with Crippen molar-refractivity contribution in [3.05, 3.63) is 28.8 Å². The summed E-state index contributed by atoms with van der Waals surface area (Å²) in [4.78, 5) is 11.0. The van der Waals surface area contributed by atoms with Crippen molar-refractivity contribution in [2.45, 2.75) is 38.9 Å². The molecule has 0 fully saturated rings.